The van der Waals surface area contributed by atoms with Gasteiger partial charge in [-0.1, -0.05) is 0 Å². The van der Waals surface area contributed by atoms with E-state index in [9.17, 15) is 4.39 Å². The molecule has 0 radical (unpaired) electrons. The summed E-state index contributed by atoms with van der Waals surface area (Å²) < 4.78 is 25.6. The molecule has 2 aromatic rings. The van der Waals surface area contributed by atoms with Crippen LogP contribution in [-0.4, -0.2) is 54.0 Å². The molecule has 1 unspecified atom stereocenters. The molecule has 2 aliphatic heterocycles. The molecule has 0 aliphatic carbocycles. The van der Waals surface area contributed by atoms with Crippen LogP contribution in [0.1, 0.15) is 25.7 Å². The Morgan fingerprint density at radius 1 is 1.32 bits per heavy atom. The van der Waals surface area contributed by atoms with Crippen LogP contribution in [0.2, 0.25) is 0 Å². The molecule has 1 atom stereocenters. The highest BCUT2D eigenvalue weighted by Crippen LogP contribution is 2.28. The molecule has 2 aliphatic rings. The summed E-state index contributed by atoms with van der Waals surface area (Å²) in [4.78, 5) is 2.55. The van der Waals surface area contributed by atoms with Gasteiger partial charge in [-0.05, 0) is 44.7 Å². The van der Waals surface area contributed by atoms with E-state index in [4.69, 9.17) is 15.2 Å². The number of nitrogen functional groups attached to an aromatic ring is 1. The number of rotatable bonds is 4. The van der Waals surface area contributed by atoms with Gasteiger partial charge in [0.1, 0.15) is 11.6 Å². The van der Waals surface area contributed by atoms with Crippen molar-refractivity contribution >= 4 is 16.7 Å². The molecule has 0 saturated carbocycles. The van der Waals surface area contributed by atoms with Gasteiger partial charge in [-0.15, -0.1) is 0 Å². The van der Waals surface area contributed by atoms with Gasteiger partial charge in [0.05, 0.1) is 24.1 Å². The SMILES string of the molecule is Nc1n[nH]c2cc(OCC3CCN(C4CCCOC4)CC3)cc(F)c12. The maximum Gasteiger partial charge on any atom is 0.156 e. The number of nitrogens with two attached hydrogens (primary N) is 1. The molecule has 7 heteroatoms. The van der Waals surface area contributed by atoms with Gasteiger partial charge in [-0.2, -0.15) is 5.10 Å². The fourth-order valence-corrected chi connectivity index (χ4v) is 3.90. The fourth-order valence-electron chi connectivity index (χ4n) is 3.90. The lowest BCUT2D eigenvalue weighted by Crippen LogP contribution is -2.46. The summed E-state index contributed by atoms with van der Waals surface area (Å²) in [6, 6.07) is 3.73. The number of halogens is 1. The van der Waals surface area contributed by atoms with Gasteiger partial charge in [0.2, 0.25) is 0 Å². The lowest BCUT2D eigenvalue weighted by molar-refractivity contribution is 0.00185. The van der Waals surface area contributed by atoms with Crippen LogP contribution in [0.5, 0.6) is 5.75 Å². The van der Waals surface area contributed by atoms with E-state index in [0.29, 0.717) is 35.2 Å². The van der Waals surface area contributed by atoms with Crippen LogP contribution in [0.25, 0.3) is 10.9 Å². The second kappa shape index (κ2) is 7.17. The van der Waals surface area contributed by atoms with Crippen molar-refractivity contribution in [3.8, 4) is 5.75 Å². The van der Waals surface area contributed by atoms with Crippen molar-refractivity contribution in [2.45, 2.75) is 31.7 Å². The number of anilines is 1. The third-order valence-corrected chi connectivity index (χ3v) is 5.40. The summed E-state index contributed by atoms with van der Waals surface area (Å²) in [5, 5.41) is 6.91. The summed E-state index contributed by atoms with van der Waals surface area (Å²) in [5.41, 5.74) is 6.22. The van der Waals surface area contributed by atoms with E-state index in [1.807, 2.05) is 0 Å². The number of fused-ring (bicyclic) bond motifs is 1. The summed E-state index contributed by atoms with van der Waals surface area (Å²) in [7, 11) is 0. The van der Waals surface area contributed by atoms with Crippen molar-refractivity contribution < 1.29 is 13.9 Å². The van der Waals surface area contributed by atoms with Crippen molar-refractivity contribution in [2.75, 3.05) is 38.6 Å². The number of likely N-dealkylation sites (tertiary alicyclic amines) is 1. The molecule has 2 saturated heterocycles. The van der Waals surface area contributed by atoms with E-state index < -0.39 is 5.82 Å². The number of aromatic amines is 1. The number of aromatic nitrogens is 2. The molecule has 3 heterocycles. The first-order valence-electron chi connectivity index (χ1n) is 9.08. The third kappa shape index (κ3) is 3.57. The second-order valence-corrected chi connectivity index (χ2v) is 7.10. The van der Waals surface area contributed by atoms with Crippen LogP contribution in [0.15, 0.2) is 12.1 Å². The highest BCUT2D eigenvalue weighted by atomic mass is 19.1. The minimum atomic E-state index is -0.397. The Balaban J connectivity index is 1.30. The number of nitrogens with one attached hydrogen (secondary N) is 1. The quantitative estimate of drug-likeness (QED) is 0.888. The molecule has 4 rings (SSSR count). The van der Waals surface area contributed by atoms with E-state index in [-0.39, 0.29) is 5.82 Å². The van der Waals surface area contributed by atoms with E-state index in [1.165, 1.54) is 18.9 Å². The van der Waals surface area contributed by atoms with Gasteiger partial charge in [0, 0.05) is 24.8 Å². The van der Waals surface area contributed by atoms with Crippen molar-refractivity contribution in [1.82, 2.24) is 15.1 Å². The molecule has 2 fully saturated rings. The predicted octanol–water partition coefficient (Wildman–Crippen LogP) is 2.55. The number of benzene rings is 1. The zero-order chi connectivity index (χ0) is 17.2. The van der Waals surface area contributed by atoms with E-state index in [1.54, 1.807) is 6.07 Å². The van der Waals surface area contributed by atoms with Gasteiger partial charge >= 0.3 is 0 Å². The van der Waals surface area contributed by atoms with Crippen LogP contribution in [0, 0.1) is 11.7 Å². The number of ether oxygens (including phenoxy) is 2. The summed E-state index contributed by atoms with van der Waals surface area (Å²) in [5.74, 6) is 0.812. The normalized spacial score (nSPS) is 23.2. The van der Waals surface area contributed by atoms with Crippen molar-refractivity contribution in [3.05, 3.63) is 17.9 Å². The number of nitrogens with zero attached hydrogens (tertiary/aromatic N) is 2. The number of H-pyrrole nitrogens is 1. The van der Waals surface area contributed by atoms with Gasteiger partial charge < -0.3 is 15.2 Å². The number of piperidine rings is 1. The Hall–Kier alpha value is -1.86. The molecule has 6 nitrogen and oxygen atoms in total. The first-order chi connectivity index (χ1) is 12.2. The van der Waals surface area contributed by atoms with Crippen LogP contribution >= 0.6 is 0 Å². The van der Waals surface area contributed by atoms with E-state index in [0.717, 1.165) is 39.1 Å². The summed E-state index contributed by atoms with van der Waals surface area (Å²) >= 11 is 0. The van der Waals surface area contributed by atoms with Gasteiger partial charge in [-0.25, -0.2) is 4.39 Å². The maximum atomic E-state index is 14.1. The fraction of sp³-hybridized carbons (Fsp3) is 0.611. The predicted molar refractivity (Wildman–Crippen MR) is 94.1 cm³/mol. The zero-order valence-corrected chi connectivity index (χ0v) is 14.3. The van der Waals surface area contributed by atoms with E-state index >= 15 is 0 Å². The third-order valence-electron chi connectivity index (χ3n) is 5.40. The topological polar surface area (TPSA) is 76.4 Å². The molecule has 1 aromatic heterocycles. The first-order valence-corrected chi connectivity index (χ1v) is 9.08. The van der Waals surface area contributed by atoms with E-state index in [2.05, 4.69) is 15.1 Å². The van der Waals surface area contributed by atoms with Crippen molar-refractivity contribution in [1.29, 1.82) is 0 Å². The largest absolute Gasteiger partial charge is 0.493 e. The Kier molecular flexibility index (Phi) is 4.76. The molecule has 136 valence electrons. The summed E-state index contributed by atoms with van der Waals surface area (Å²) in [6.45, 7) is 4.57. The van der Waals surface area contributed by atoms with Crippen LogP contribution in [0.4, 0.5) is 10.2 Å². The number of hydrogen-bond acceptors (Lipinski definition) is 5. The summed E-state index contributed by atoms with van der Waals surface area (Å²) in [6.07, 6.45) is 4.63. The Labute approximate surface area is 146 Å². The zero-order valence-electron chi connectivity index (χ0n) is 14.3. The lowest BCUT2D eigenvalue weighted by Gasteiger charge is -2.39. The standard InChI is InChI=1S/C18H25FN4O2/c19-15-8-14(9-16-17(15)18(20)22-21-16)25-10-12-3-5-23(6-4-12)13-2-1-7-24-11-13/h8-9,12-13H,1-7,10-11H2,(H3,20,21,22). The molecular weight excluding hydrogens is 323 g/mol. The van der Waals surface area contributed by atoms with Crippen molar-refractivity contribution in [2.24, 2.45) is 5.92 Å². The maximum absolute atomic E-state index is 14.1. The molecular formula is C18H25FN4O2. The highest BCUT2D eigenvalue weighted by molar-refractivity contribution is 5.90. The Bertz CT molecular complexity index is 721. The molecule has 0 bridgehead atoms. The average molecular weight is 348 g/mol. The Morgan fingerprint density at radius 3 is 2.92 bits per heavy atom. The molecule has 1 aromatic carbocycles. The number of hydrogen-bond donors (Lipinski definition) is 2. The Morgan fingerprint density at radius 2 is 2.16 bits per heavy atom. The molecule has 0 spiro atoms. The van der Waals surface area contributed by atoms with Gasteiger partial charge in [0.15, 0.2) is 5.82 Å². The van der Waals surface area contributed by atoms with Crippen molar-refractivity contribution in [3.63, 3.8) is 0 Å². The lowest BCUT2D eigenvalue weighted by atomic mass is 9.95. The van der Waals surface area contributed by atoms with Gasteiger partial charge in [-0.3, -0.25) is 10.00 Å². The molecule has 25 heavy (non-hydrogen) atoms. The minimum absolute atomic E-state index is 0.179. The van der Waals surface area contributed by atoms with Crippen LogP contribution in [-0.2, 0) is 4.74 Å². The van der Waals surface area contributed by atoms with Gasteiger partial charge in [0.25, 0.3) is 0 Å². The smallest absolute Gasteiger partial charge is 0.156 e. The highest BCUT2D eigenvalue weighted by Gasteiger charge is 2.27. The van der Waals surface area contributed by atoms with Crippen LogP contribution in [0.3, 0.4) is 0 Å². The first kappa shape index (κ1) is 16.6. The average Bonchev–Trinajstić information content (AvgIpc) is 3.02. The minimum Gasteiger partial charge on any atom is -0.493 e. The monoisotopic (exact) mass is 348 g/mol. The molecule has 3 N–H and O–H groups in total. The molecule has 0 amide bonds. The second-order valence-electron chi connectivity index (χ2n) is 7.10. The van der Waals surface area contributed by atoms with Crippen LogP contribution < -0.4 is 10.5 Å².